The molecule has 38 heavy (non-hydrogen) atoms. The summed E-state index contributed by atoms with van der Waals surface area (Å²) in [4.78, 5) is 0. The van der Waals surface area contributed by atoms with Gasteiger partial charge in [-0.25, -0.2) is 0 Å². The molecule has 0 radical (unpaired) electrons. The van der Waals surface area contributed by atoms with Gasteiger partial charge in [0.2, 0.25) is 0 Å². The third-order valence-corrected chi connectivity index (χ3v) is 11.8. The molecule has 0 N–H and O–H groups in total. The van der Waals surface area contributed by atoms with Crippen molar-refractivity contribution in [3.63, 3.8) is 0 Å². The SMILES string of the molecule is CN1N=C([P+](c2ccccc2)(c2ccccc2)c2ccccc2)CC1(c1ccccc1)c1ccccc1.[I-]. The van der Waals surface area contributed by atoms with E-state index in [4.69, 9.17) is 5.10 Å². The summed E-state index contributed by atoms with van der Waals surface area (Å²) in [6, 6.07) is 54.8. The molecule has 6 rings (SSSR count). The van der Waals surface area contributed by atoms with Crippen molar-refractivity contribution in [1.82, 2.24) is 5.01 Å². The summed E-state index contributed by atoms with van der Waals surface area (Å²) in [5, 5.41) is 11.7. The van der Waals surface area contributed by atoms with Crippen molar-refractivity contribution in [3.8, 4) is 0 Å². The lowest BCUT2D eigenvalue weighted by Gasteiger charge is -2.36. The lowest BCUT2D eigenvalue weighted by atomic mass is 9.80. The van der Waals surface area contributed by atoms with Gasteiger partial charge < -0.3 is 24.0 Å². The predicted octanol–water partition coefficient (Wildman–Crippen LogP) is 3.58. The first-order valence-electron chi connectivity index (χ1n) is 12.7. The molecule has 0 bridgehead atoms. The quantitative estimate of drug-likeness (QED) is 0.209. The van der Waals surface area contributed by atoms with Crippen LogP contribution in [0.1, 0.15) is 17.5 Å². The normalized spacial score (nSPS) is 14.4. The average Bonchev–Trinajstić information content (AvgIpc) is 3.34. The minimum absolute atomic E-state index is 0. The zero-order chi connectivity index (χ0) is 25.1. The Morgan fingerprint density at radius 2 is 0.842 bits per heavy atom. The van der Waals surface area contributed by atoms with Gasteiger partial charge in [0.25, 0.3) is 0 Å². The van der Waals surface area contributed by atoms with Crippen molar-refractivity contribution in [2.24, 2.45) is 5.10 Å². The lowest BCUT2D eigenvalue weighted by Crippen LogP contribution is -3.00. The second-order valence-electron chi connectivity index (χ2n) is 9.49. The summed E-state index contributed by atoms with van der Waals surface area (Å²) in [7, 11) is -0.109. The third kappa shape index (κ3) is 4.28. The first-order chi connectivity index (χ1) is 18.3. The lowest BCUT2D eigenvalue weighted by molar-refractivity contribution is -0.00000718. The highest BCUT2D eigenvalue weighted by atomic mass is 127. The van der Waals surface area contributed by atoms with Crippen LogP contribution < -0.4 is 39.9 Å². The molecule has 0 aliphatic carbocycles. The molecule has 188 valence electrons. The molecular weight excluding hydrogens is 594 g/mol. The van der Waals surface area contributed by atoms with E-state index in [1.54, 1.807) is 0 Å². The van der Waals surface area contributed by atoms with E-state index in [0.29, 0.717) is 0 Å². The summed E-state index contributed by atoms with van der Waals surface area (Å²) >= 11 is 0. The van der Waals surface area contributed by atoms with Crippen LogP contribution in [0.25, 0.3) is 0 Å². The molecule has 0 unspecified atom stereocenters. The molecular formula is C34H30IN2P. The van der Waals surface area contributed by atoms with E-state index in [9.17, 15) is 0 Å². The molecule has 0 fully saturated rings. The smallest absolute Gasteiger partial charge is 0.195 e. The Hall–Kier alpha value is -3.27. The van der Waals surface area contributed by atoms with Crippen molar-refractivity contribution in [1.29, 1.82) is 0 Å². The fourth-order valence-electron chi connectivity index (χ4n) is 5.84. The third-order valence-electron chi connectivity index (χ3n) is 7.55. The van der Waals surface area contributed by atoms with Gasteiger partial charge in [0, 0.05) is 7.05 Å². The molecule has 1 heterocycles. The fourth-order valence-corrected chi connectivity index (χ4v) is 10.2. The highest BCUT2D eigenvalue weighted by Gasteiger charge is 2.58. The van der Waals surface area contributed by atoms with E-state index in [0.717, 1.165) is 6.42 Å². The van der Waals surface area contributed by atoms with E-state index in [1.807, 2.05) is 0 Å². The minimum Gasteiger partial charge on any atom is -1.00 e. The summed E-state index contributed by atoms with van der Waals surface area (Å²) in [5.41, 5.74) is 3.37. The average molecular weight is 625 g/mol. The Kier molecular flexibility index (Phi) is 7.78. The number of hydrazone groups is 1. The minimum atomic E-state index is -2.25. The zero-order valence-electron chi connectivity index (χ0n) is 21.4. The second kappa shape index (κ2) is 11.2. The van der Waals surface area contributed by atoms with Gasteiger partial charge in [-0.2, -0.15) is 0 Å². The Morgan fingerprint density at radius 1 is 0.526 bits per heavy atom. The van der Waals surface area contributed by atoms with Gasteiger partial charge in [-0.3, -0.25) is 5.01 Å². The number of hydrogen-bond acceptors (Lipinski definition) is 2. The zero-order valence-corrected chi connectivity index (χ0v) is 24.4. The van der Waals surface area contributed by atoms with Crippen LogP contribution in [0.3, 0.4) is 0 Å². The standard InChI is InChI=1S/C34H30N2P.HI/c1-36-34(28-17-7-2-8-18-28,29-19-9-3-10-20-29)27-33(35-36)37(30-21-11-4-12-22-30,31-23-13-5-14-24-31)32-25-15-6-16-26-32;/h2-26H,27H2,1H3;1H/q+1;/p-1. The van der Waals surface area contributed by atoms with Crippen molar-refractivity contribution >= 4 is 28.6 Å². The molecule has 0 saturated heterocycles. The molecule has 1 aliphatic rings. The molecule has 5 aromatic carbocycles. The highest BCUT2D eigenvalue weighted by Crippen LogP contribution is 2.62. The maximum Gasteiger partial charge on any atom is 0.195 e. The topological polar surface area (TPSA) is 15.6 Å². The second-order valence-corrected chi connectivity index (χ2v) is 12.9. The maximum atomic E-state index is 5.50. The highest BCUT2D eigenvalue weighted by molar-refractivity contribution is 8.08. The number of hydrogen-bond donors (Lipinski definition) is 0. The van der Waals surface area contributed by atoms with Gasteiger partial charge in [0.1, 0.15) is 21.5 Å². The Morgan fingerprint density at radius 3 is 1.18 bits per heavy atom. The molecule has 4 heteroatoms. The summed E-state index contributed by atoms with van der Waals surface area (Å²) in [6.07, 6.45) is 0.810. The van der Waals surface area contributed by atoms with Crippen LogP contribution in [0.5, 0.6) is 0 Å². The van der Waals surface area contributed by atoms with E-state index >= 15 is 0 Å². The first kappa shape index (κ1) is 26.3. The van der Waals surface area contributed by atoms with Crippen molar-refractivity contribution in [2.75, 3.05) is 7.05 Å². The number of rotatable bonds is 6. The van der Waals surface area contributed by atoms with E-state index in [1.165, 1.54) is 32.5 Å². The monoisotopic (exact) mass is 624 g/mol. The van der Waals surface area contributed by atoms with Crippen LogP contribution in [0, 0.1) is 0 Å². The van der Waals surface area contributed by atoms with Crippen LogP contribution in [-0.4, -0.2) is 17.5 Å². The van der Waals surface area contributed by atoms with E-state index < -0.39 is 7.26 Å². The predicted molar refractivity (Wildman–Crippen MR) is 159 cm³/mol. The van der Waals surface area contributed by atoms with Crippen molar-refractivity contribution in [2.45, 2.75) is 12.0 Å². The molecule has 1 aliphatic heterocycles. The van der Waals surface area contributed by atoms with E-state index in [-0.39, 0.29) is 29.5 Å². The van der Waals surface area contributed by atoms with Crippen LogP contribution in [0.2, 0.25) is 0 Å². The Balaban J connectivity index is 0.00000294. The van der Waals surface area contributed by atoms with Crippen molar-refractivity contribution < 1.29 is 24.0 Å². The maximum absolute atomic E-state index is 5.50. The van der Waals surface area contributed by atoms with Gasteiger partial charge in [0.05, 0.1) is 6.42 Å². The summed E-state index contributed by atoms with van der Waals surface area (Å²) in [5.74, 6) is 0. The molecule has 0 atom stereocenters. The van der Waals surface area contributed by atoms with Gasteiger partial charge in [-0.1, -0.05) is 115 Å². The molecule has 0 aromatic heterocycles. The van der Waals surface area contributed by atoms with Crippen LogP contribution in [0.4, 0.5) is 0 Å². The molecule has 0 saturated carbocycles. The molecule has 0 amide bonds. The summed E-state index contributed by atoms with van der Waals surface area (Å²) < 4.78 is 0. The van der Waals surface area contributed by atoms with Gasteiger partial charge in [-0.15, -0.1) is 5.10 Å². The summed E-state index contributed by atoms with van der Waals surface area (Å²) in [6.45, 7) is 0. The number of nitrogens with zero attached hydrogens (tertiary/aromatic N) is 2. The largest absolute Gasteiger partial charge is 1.00 e. The van der Waals surface area contributed by atoms with Gasteiger partial charge in [-0.05, 0) is 47.5 Å². The molecule has 2 nitrogen and oxygen atoms in total. The van der Waals surface area contributed by atoms with Crippen LogP contribution in [-0.2, 0) is 5.54 Å². The number of halogens is 1. The van der Waals surface area contributed by atoms with Crippen LogP contribution >= 0.6 is 7.26 Å². The Bertz CT molecular complexity index is 1360. The van der Waals surface area contributed by atoms with Crippen molar-refractivity contribution in [3.05, 3.63) is 163 Å². The Labute approximate surface area is 243 Å². The van der Waals surface area contributed by atoms with Gasteiger partial charge in [0.15, 0.2) is 12.7 Å². The molecule has 0 spiro atoms. The molecule has 5 aromatic rings. The first-order valence-corrected chi connectivity index (χ1v) is 14.5. The van der Waals surface area contributed by atoms with Gasteiger partial charge >= 0.3 is 0 Å². The van der Waals surface area contributed by atoms with Crippen LogP contribution in [0.15, 0.2) is 157 Å². The van der Waals surface area contributed by atoms with E-state index in [2.05, 4.69) is 164 Å². The number of benzene rings is 5. The fraction of sp³-hybridized carbons (Fsp3) is 0.0882.